The molecule has 0 unspecified atom stereocenters. The van der Waals surface area contributed by atoms with E-state index in [1.165, 1.54) is 6.20 Å². The molecule has 3 heterocycles. The second-order valence-corrected chi connectivity index (χ2v) is 8.58. The molecule has 0 aliphatic carbocycles. The standard InChI is InChI=1S/C13H15BrN4O2S/c1-13(2)7-18(8-6-9(14)16-11(8)13)10-4-5-15-12(17-10)21(3,19)20/h4-6,16H,7H2,1-3H3. The minimum Gasteiger partial charge on any atom is -0.351 e. The number of sulfone groups is 1. The van der Waals surface area contributed by atoms with Crippen LogP contribution in [-0.2, 0) is 15.3 Å². The third kappa shape index (κ3) is 2.46. The van der Waals surface area contributed by atoms with Gasteiger partial charge in [0, 0.05) is 30.1 Å². The first-order chi connectivity index (χ1) is 9.68. The number of nitrogens with zero attached hydrogens (tertiary/aromatic N) is 3. The Balaban J connectivity index is 2.11. The van der Waals surface area contributed by atoms with Crippen LogP contribution in [0.2, 0.25) is 0 Å². The van der Waals surface area contributed by atoms with E-state index in [1.807, 2.05) is 11.0 Å². The maximum absolute atomic E-state index is 11.6. The molecule has 0 amide bonds. The van der Waals surface area contributed by atoms with Crippen molar-refractivity contribution in [1.29, 1.82) is 0 Å². The maximum Gasteiger partial charge on any atom is 0.248 e. The minimum absolute atomic E-state index is 0.0719. The summed E-state index contributed by atoms with van der Waals surface area (Å²) in [5.41, 5.74) is 2.04. The van der Waals surface area contributed by atoms with Gasteiger partial charge in [0.15, 0.2) is 0 Å². The number of H-pyrrole nitrogens is 1. The van der Waals surface area contributed by atoms with Gasteiger partial charge in [0.2, 0.25) is 15.0 Å². The average molecular weight is 371 g/mol. The number of rotatable bonds is 2. The van der Waals surface area contributed by atoms with Gasteiger partial charge >= 0.3 is 0 Å². The molecule has 0 saturated carbocycles. The predicted octanol–water partition coefficient (Wildman–Crippen LogP) is 2.40. The van der Waals surface area contributed by atoms with Crippen molar-refractivity contribution in [2.45, 2.75) is 24.4 Å². The Morgan fingerprint density at radius 1 is 1.43 bits per heavy atom. The van der Waals surface area contributed by atoms with E-state index in [-0.39, 0.29) is 10.6 Å². The fourth-order valence-corrected chi connectivity index (χ4v) is 3.49. The molecule has 21 heavy (non-hydrogen) atoms. The lowest BCUT2D eigenvalue weighted by Crippen LogP contribution is -2.26. The number of hydrogen-bond acceptors (Lipinski definition) is 5. The summed E-state index contributed by atoms with van der Waals surface area (Å²) in [4.78, 5) is 13.3. The van der Waals surface area contributed by atoms with Crippen LogP contribution in [0.1, 0.15) is 19.5 Å². The predicted molar refractivity (Wildman–Crippen MR) is 83.7 cm³/mol. The van der Waals surface area contributed by atoms with Crippen molar-refractivity contribution in [2.24, 2.45) is 0 Å². The highest BCUT2D eigenvalue weighted by Crippen LogP contribution is 2.44. The van der Waals surface area contributed by atoms with Crippen molar-refractivity contribution >= 4 is 37.3 Å². The van der Waals surface area contributed by atoms with Crippen molar-refractivity contribution in [3.8, 4) is 0 Å². The molecule has 112 valence electrons. The van der Waals surface area contributed by atoms with Crippen LogP contribution in [-0.4, -0.2) is 36.2 Å². The normalized spacial score (nSPS) is 17.0. The largest absolute Gasteiger partial charge is 0.351 e. The van der Waals surface area contributed by atoms with Crippen LogP contribution in [0, 0.1) is 0 Å². The molecule has 0 atom stereocenters. The minimum atomic E-state index is -3.42. The summed E-state index contributed by atoms with van der Waals surface area (Å²) >= 11 is 3.44. The molecule has 0 bridgehead atoms. The molecule has 2 aromatic heterocycles. The van der Waals surface area contributed by atoms with Crippen LogP contribution in [0.4, 0.5) is 11.5 Å². The van der Waals surface area contributed by atoms with E-state index in [9.17, 15) is 8.42 Å². The number of anilines is 2. The molecule has 0 saturated heterocycles. The topological polar surface area (TPSA) is 79.0 Å². The van der Waals surface area contributed by atoms with Gasteiger partial charge in [-0.05, 0) is 28.1 Å². The number of halogens is 1. The number of fused-ring (bicyclic) bond motifs is 1. The molecule has 0 aromatic carbocycles. The average Bonchev–Trinajstić information content (AvgIpc) is 2.87. The zero-order chi connectivity index (χ0) is 15.4. The van der Waals surface area contributed by atoms with Gasteiger partial charge in [-0.2, -0.15) is 0 Å². The fourth-order valence-electron chi connectivity index (χ4n) is 2.57. The van der Waals surface area contributed by atoms with Gasteiger partial charge in [-0.3, -0.25) is 0 Å². The van der Waals surface area contributed by atoms with Gasteiger partial charge in [-0.15, -0.1) is 0 Å². The first-order valence-electron chi connectivity index (χ1n) is 6.38. The molecule has 8 heteroatoms. The molecule has 0 fully saturated rings. The highest BCUT2D eigenvalue weighted by Gasteiger charge is 2.38. The molecule has 2 aromatic rings. The van der Waals surface area contributed by atoms with Crippen LogP contribution < -0.4 is 4.90 Å². The van der Waals surface area contributed by atoms with Crippen molar-refractivity contribution in [3.05, 3.63) is 28.6 Å². The third-order valence-electron chi connectivity index (χ3n) is 3.51. The second kappa shape index (κ2) is 4.54. The van der Waals surface area contributed by atoms with Crippen molar-refractivity contribution in [3.63, 3.8) is 0 Å². The Bertz CT molecular complexity index is 813. The molecule has 1 aliphatic heterocycles. The van der Waals surface area contributed by atoms with Gasteiger partial charge < -0.3 is 9.88 Å². The molecule has 0 spiro atoms. The molecule has 1 aliphatic rings. The Morgan fingerprint density at radius 2 is 2.14 bits per heavy atom. The highest BCUT2D eigenvalue weighted by molar-refractivity contribution is 9.10. The lowest BCUT2D eigenvalue weighted by atomic mass is 9.92. The van der Waals surface area contributed by atoms with Gasteiger partial charge in [0.1, 0.15) is 5.82 Å². The second-order valence-electron chi connectivity index (χ2n) is 5.82. The van der Waals surface area contributed by atoms with Crippen molar-refractivity contribution in [2.75, 3.05) is 17.7 Å². The number of aromatic amines is 1. The van der Waals surface area contributed by atoms with E-state index in [0.29, 0.717) is 5.82 Å². The lowest BCUT2D eigenvalue weighted by molar-refractivity contribution is 0.551. The van der Waals surface area contributed by atoms with Crippen molar-refractivity contribution < 1.29 is 8.42 Å². The Labute approximate surface area is 131 Å². The first-order valence-corrected chi connectivity index (χ1v) is 9.06. The molecule has 1 N–H and O–H groups in total. The first kappa shape index (κ1) is 14.5. The van der Waals surface area contributed by atoms with E-state index in [0.717, 1.165) is 28.8 Å². The Morgan fingerprint density at radius 3 is 2.81 bits per heavy atom. The summed E-state index contributed by atoms with van der Waals surface area (Å²) in [7, 11) is -3.42. The van der Waals surface area contributed by atoms with Crippen LogP contribution in [0.15, 0.2) is 28.1 Å². The Hall–Kier alpha value is -1.41. The van der Waals surface area contributed by atoms with Crippen LogP contribution in [0.3, 0.4) is 0 Å². The van der Waals surface area contributed by atoms with Gasteiger partial charge in [-0.1, -0.05) is 13.8 Å². The highest BCUT2D eigenvalue weighted by atomic mass is 79.9. The molecular weight excluding hydrogens is 356 g/mol. The van der Waals surface area contributed by atoms with E-state index in [2.05, 4.69) is 44.7 Å². The van der Waals surface area contributed by atoms with Gasteiger partial charge in [-0.25, -0.2) is 18.4 Å². The summed E-state index contributed by atoms with van der Waals surface area (Å²) in [6.07, 6.45) is 2.59. The fraction of sp³-hybridized carbons (Fsp3) is 0.385. The molecule has 6 nitrogen and oxygen atoms in total. The van der Waals surface area contributed by atoms with Gasteiger partial charge in [0.25, 0.3) is 0 Å². The third-order valence-corrected chi connectivity index (χ3v) is 4.80. The number of hydrogen-bond donors (Lipinski definition) is 1. The summed E-state index contributed by atoms with van der Waals surface area (Å²) in [6, 6.07) is 3.70. The number of nitrogens with one attached hydrogen (secondary N) is 1. The van der Waals surface area contributed by atoms with E-state index in [4.69, 9.17) is 0 Å². The summed E-state index contributed by atoms with van der Waals surface area (Å²) in [6.45, 7) is 4.99. The van der Waals surface area contributed by atoms with Gasteiger partial charge in [0.05, 0.1) is 10.3 Å². The van der Waals surface area contributed by atoms with Crippen LogP contribution in [0.25, 0.3) is 0 Å². The zero-order valence-corrected chi connectivity index (χ0v) is 14.3. The summed E-state index contributed by atoms with van der Waals surface area (Å²) in [5.74, 6) is 0.587. The van der Waals surface area contributed by atoms with Crippen LogP contribution >= 0.6 is 15.9 Å². The number of aromatic nitrogens is 3. The Kier molecular flexibility index (Phi) is 3.14. The maximum atomic E-state index is 11.6. The summed E-state index contributed by atoms with van der Waals surface area (Å²) in [5, 5.41) is -0.152. The summed E-state index contributed by atoms with van der Waals surface area (Å²) < 4.78 is 24.1. The zero-order valence-electron chi connectivity index (χ0n) is 11.9. The quantitative estimate of drug-likeness (QED) is 0.821. The molecule has 0 radical (unpaired) electrons. The van der Waals surface area contributed by atoms with Crippen molar-refractivity contribution in [1.82, 2.24) is 15.0 Å². The van der Waals surface area contributed by atoms with E-state index < -0.39 is 9.84 Å². The lowest BCUT2D eigenvalue weighted by Gasteiger charge is -2.22. The monoisotopic (exact) mass is 370 g/mol. The van der Waals surface area contributed by atoms with E-state index in [1.54, 1.807) is 6.07 Å². The molecular formula is C13H15BrN4O2S. The van der Waals surface area contributed by atoms with Crippen LogP contribution in [0.5, 0.6) is 0 Å². The smallest absolute Gasteiger partial charge is 0.248 e. The molecule has 3 rings (SSSR count). The van der Waals surface area contributed by atoms with E-state index >= 15 is 0 Å². The SMILES string of the molecule is CC1(C)CN(c2ccnc(S(C)(=O)=O)n2)c2cc(Br)[nH]c21.